The van der Waals surface area contributed by atoms with Crippen LogP contribution in [0.3, 0.4) is 0 Å². The van der Waals surface area contributed by atoms with Gasteiger partial charge in [0.1, 0.15) is 17.6 Å². The monoisotopic (exact) mass is 311 g/mol. The number of rotatable bonds is 4. The van der Waals surface area contributed by atoms with Crippen molar-refractivity contribution in [2.45, 2.75) is 31.2 Å². The SMILES string of the molecule is FC(F)(F)C(F)(F)Oc1ccc(OC2CCNCC2)cc1. The molecule has 0 bridgehead atoms. The van der Waals surface area contributed by atoms with Gasteiger partial charge in [-0.1, -0.05) is 0 Å². The lowest BCUT2D eigenvalue weighted by Crippen LogP contribution is -2.41. The van der Waals surface area contributed by atoms with Gasteiger partial charge >= 0.3 is 12.3 Å². The fourth-order valence-electron chi connectivity index (χ4n) is 1.90. The number of nitrogens with one attached hydrogen (secondary N) is 1. The number of piperidine rings is 1. The van der Waals surface area contributed by atoms with Gasteiger partial charge in [0, 0.05) is 0 Å². The van der Waals surface area contributed by atoms with Gasteiger partial charge in [0.25, 0.3) is 0 Å². The average Bonchev–Trinajstić information content (AvgIpc) is 2.41. The Morgan fingerprint density at radius 1 is 0.905 bits per heavy atom. The Labute approximate surface area is 118 Å². The molecule has 0 saturated carbocycles. The second-order valence-electron chi connectivity index (χ2n) is 4.66. The number of alkyl halides is 5. The third-order valence-electron chi connectivity index (χ3n) is 2.99. The summed E-state index contributed by atoms with van der Waals surface area (Å²) < 4.78 is 70.7. The lowest BCUT2D eigenvalue weighted by Gasteiger charge is -2.24. The summed E-state index contributed by atoms with van der Waals surface area (Å²) in [6, 6.07) is 4.67. The Morgan fingerprint density at radius 3 is 1.95 bits per heavy atom. The molecular formula is C13H14F5NO2. The van der Waals surface area contributed by atoms with Gasteiger partial charge in [0.05, 0.1) is 0 Å². The standard InChI is InChI=1S/C13H14F5NO2/c14-12(15,16)13(17,18)21-11-3-1-9(2-4-11)20-10-5-7-19-8-6-10/h1-4,10,19H,5-8H2. The first-order chi connectivity index (χ1) is 9.78. The van der Waals surface area contributed by atoms with Crippen LogP contribution in [0.4, 0.5) is 22.0 Å². The van der Waals surface area contributed by atoms with E-state index in [4.69, 9.17) is 4.74 Å². The Hall–Kier alpha value is -1.57. The first-order valence-electron chi connectivity index (χ1n) is 6.39. The van der Waals surface area contributed by atoms with Gasteiger partial charge in [-0.05, 0) is 50.2 Å². The smallest absolute Gasteiger partial charge is 0.490 e. The second-order valence-corrected chi connectivity index (χ2v) is 4.66. The highest BCUT2D eigenvalue weighted by Crippen LogP contribution is 2.37. The van der Waals surface area contributed by atoms with Crippen LogP contribution in [-0.2, 0) is 0 Å². The Bertz CT molecular complexity index is 455. The van der Waals surface area contributed by atoms with E-state index in [1.165, 1.54) is 12.1 Å². The molecule has 8 heteroatoms. The summed E-state index contributed by atoms with van der Waals surface area (Å²) in [5.41, 5.74) is 0. The second kappa shape index (κ2) is 6.05. The molecule has 0 atom stereocenters. The minimum Gasteiger partial charge on any atom is -0.490 e. The summed E-state index contributed by atoms with van der Waals surface area (Å²) in [5.74, 6) is -0.167. The fourth-order valence-corrected chi connectivity index (χ4v) is 1.90. The average molecular weight is 311 g/mol. The van der Waals surface area contributed by atoms with Crippen LogP contribution in [0.1, 0.15) is 12.8 Å². The summed E-state index contributed by atoms with van der Waals surface area (Å²) in [6.07, 6.45) is -9.34. The third kappa shape index (κ3) is 4.20. The quantitative estimate of drug-likeness (QED) is 0.865. The molecule has 21 heavy (non-hydrogen) atoms. The van der Waals surface area contributed by atoms with Crippen molar-refractivity contribution < 1.29 is 31.4 Å². The minimum atomic E-state index is -5.75. The fraction of sp³-hybridized carbons (Fsp3) is 0.538. The van der Waals surface area contributed by atoms with Crippen LogP contribution in [0.15, 0.2) is 24.3 Å². The first kappa shape index (κ1) is 15.8. The van der Waals surface area contributed by atoms with Gasteiger partial charge < -0.3 is 14.8 Å². The highest BCUT2D eigenvalue weighted by molar-refractivity contribution is 5.31. The molecule has 0 aliphatic carbocycles. The molecule has 0 amide bonds. The van der Waals surface area contributed by atoms with Crippen molar-refractivity contribution in [1.82, 2.24) is 5.32 Å². The van der Waals surface area contributed by atoms with Crippen molar-refractivity contribution in [1.29, 1.82) is 0 Å². The summed E-state index contributed by atoms with van der Waals surface area (Å²) in [7, 11) is 0. The van der Waals surface area contributed by atoms with Crippen LogP contribution in [0, 0.1) is 0 Å². The molecule has 1 aliphatic rings. The zero-order valence-corrected chi connectivity index (χ0v) is 10.9. The Balaban J connectivity index is 1.95. The molecule has 1 aliphatic heterocycles. The van der Waals surface area contributed by atoms with E-state index in [0.717, 1.165) is 38.1 Å². The largest absolute Gasteiger partial charge is 0.499 e. The van der Waals surface area contributed by atoms with E-state index in [2.05, 4.69) is 10.1 Å². The summed E-state index contributed by atoms with van der Waals surface area (Å²) >= 11 is 0. The third-order valence-corrected chi connectivity index (χ3v) is 2.99. The number of halogens is 5. The maximum absolute atomic E-state index is 12.7. The van der Waals surface area contributed by atoms with Gasteiger partial charge in [-0.3, -0.25) is 0 Å². The Kier molecular flexibility index (Phi) is 4.55. The normalized spacial score (nSPS) is 17.6. The van der Waals surface area contributed by atoms with Crippen molar-refractivity contribution in [3.05, 3.63) is 24.3 Å². The molecule has 1 N–H and O–H groups in total. The molecular weight excluding hydrogens is 297 g/mol. The topological polar surface area (TPSA) is 30.5 Å². The first-order valence-corrected chi connectivity index (χ1v) is 6.39. The van der Waals surface area contributed by atoms with Crippen molar-refractivity contribution in [3.8, 4) is 11.5 Å². The lowest BCUT2D eigenvalue weighted by molar-refractivity contribution is -0.360. The van der Waals surface area contributed by atoms with Crippen molar-refractivity contribution >= 4 is 0 Å². The van der Waals surface area contributed by atoms with Gasteiger partial charge in [-0.25, -0.2) is 0 Å². The van der Waals surface area contributed by atoms with Crippen LogP contribution in [0.25, 0.3) is 0 Å². The van der Waals surface area contributed by atoms with Crippen molar-refractivity contribution in [2.75, 3.05) is 13.1 Å². The summed E-state index contributed by atoms with van der Waals surface area (Å²) in [6.45, 7) is 1.65. The number of benzene rings is 1. The van der Waals surface area contributed by atoms with Crippen LogP contribution >= 0.6 is 0 Å². The van der Waals surface area contributed by atoms with Gasteiger partial charge in [-0.15, -0.1) is 0 Å². The van der Waals surface area contributed by atoms with E-state index in [1.54, 1.807) is 0 Å². The van der Waals surface area contributed by atoms with Crippen LogP contribution in [0.2, 0.25) is 0 Å². The highest BCUT2D eigenvalue weighted by atomic mass is 19.4. The molecule has 1 aromatic carbocycles. The summed E-state index contributed by atoms with van der Waals surface area (Å²) in [5, 5.41) is 3.16. The molecule has 1 aromatic rings. The molecule has 1 saturated heterocycles. The van der Waals surface area contributed by atoms with Crippen LogP contribution in [0.5, 0.6) is 11.5 Å². The van der Waals surface area contributed by atoms with Crippen molar-refractivity contribution in [2.24, 2.45) is 0 Å². The molecule has 1 heterocycles. The predicted molar refractivity (Wildman–Crippen MR) is 64.6 cm³/mol. The van der Waals surface area contributed by atoms with E-state index >= 15 is 0 Å². The van der Waals surface area contributed by atoms with Gasteiger partial charge in [0.15, 0.2) is 0 Å². The van der Waals surface area contributed by atoms with E-state index in [0.29, 0.717) is 5.75 Å². The van der Waals surface area contributed by atoms with Crippen LogP contribution < -0.4 is 14.8 Å². The lowest BCUT2D eigenvalue weighted by atomic mass is 10.1. The van der Waals surface area contributed by atoms with Crippen molar-refractivity contribution in [3.63, 3.8) is 0 Å². The zero-order chi connectivity index (χ0) is 15.5. The van der Waals surface area contributed by atoms with E-state index in [9.17, 15) is 22.0 Å². The molecule has 3 nitrogen and oxygen atoms in total. The van der Waals surface area contributed by atoms with Gasteiger partial charge in [-0.2, -0.15) is 22.0 Å². The maximum Gasteiger partial charge on any atom is 0.499 e. The number of hydrogen-bond acceptors (Lipinski definition) is 3. The maximum atomic E-state index is 12.7. The number of hydrogen-bond donors (Lipinski definition) is 1. The zero-order valence-electron chi connectivity index (χ0n) is 10.9. The van der Waals surface area contributed by atoms with Gasteiger partial charge in [0.2, 0.25) is 0 Å². The molecule has 2 rings (SSSR count). The number of ether oxygens (including phenoxy) is 2. The van der Waals surface area contributed by atoms with E-state index in [-0.39, 0.29) is 6.10 Å². The molecule has 0 aromatic heterocycles. The molecule has 118 valence electrons. The molecule has 0 unspecified atom stereocenters. The Morgan fingerprint density at radius 2 is 1.43 bits per heavy atom. The minimum absolute atomic E-state index is 0.00892. The highest BCUT2D eigenvalue weighted by Gasteiger charge is 2.61. The van der Waals surface area contributed by atoms with E-state index < -0.39 is 18.0 Å². The summed E-state index contributed by atoms with van der Waals surface area (Å²) in [4.78, 5) is 0. The predicted octanol–water partition coefficient (Wildman–Crippen LogP) is 3.35. The molecule has 1 fully saturated rings. The van der Waals surface area contributed by atoms with Crippen LogP contribution in [-0.4, -0.2) is 31.5 Å². The molecule has 0 radical (unpaired) electrons. The van der Waals surface area contributed by atoms with E-state index in [1.807, 2.05) is 0 Å². The molecule has 0 spiro atoms.